The van der Waals surface area contributed by atoms with E-state index in [4.69, 9.17) is 18.9 Å². The zero-order chi connectivity index (χ0) is 45.4. The molecule has 0 unspecified atom stereocenters. The first kappa shape index (κ1) is 45.8. The number of aromatic nitrogens is 6. The minimum atomic E-state index is -1.61. The molecule has 0 amide bonds. The van der Waals surface area contributed by atoms with Gasteiger partial charge in [0.25, 0.3) is 11.1 Å². The Balaban J connectivity index is 0.000000234. The van der Waals surface area contributed by atoms with Crippen LogP contribution >= 0.6 is 0 Å². The maximum Gasteiger partial charge on any atom is 0.299 e. The summed E-state index contributed by atoms with van der Waals surface area (Å²) in [5, 5.41) is 23.1. The number of benzene rings is 4. The highest BCUT2D eigenvalue weighted by atomic mass is 19.2. The molecule has 0 spiro atoms. The van der Waals surface area contributed by atoms with Crippen molar-refractivity contribution in [3.63, 3.8) is 0 Å². The van der Waals surface area contributed by atoms with Crippen LogP contribution in [0.5, 0.6) is 23.0 Å². The van der Waals surface area contributed by atoms with Crippen LogP contribution in [0, 0.1) is 48.8 Å². The van der Waals surface area contributed by atoms with Crippen LogP contribution in [0.15, 0.2) is 58.1 Å². The molecule has 6 rings (SSSR count). The maximum atomic E-state index is 13.6. The minimum Gasteiger partial charge on any atom is -0.493 e. The Labute approximate surface area is 347 Å². The van der Waals surface area contributed by atoms with Gasteiger partial charge in [-0.1, -0.05) is 0 Å². The van der Waals surface area contributed by atoms with Crippen molar-refractivity contribution in [2.75, 3.05) is 39.1 Å². The van der Waals surface area contributed by atoms with Gasteiger partial charge in [0.05, 0.1) is 48.1 Å². The normalized spacial score (nSPS) is 10.8. The molecule has 4 aromatic carbocycles. The van der Waals surface area contributed by atoms with E-state index in [2.05, 4.69) is 30.8 Å². The molecule has 0 bridgehead atoms. The van der Waals surface area contributed by atoms with E-state index < -0.39 is 65.0 Å². The van der Waals surface area contributed by atoms with Gasteiger partial charge in [-0.25, -0.2) is 40.1 Å². The molecular weight excluding hydrogens is 837 g/mol. The van der Waals surface area contributed by atoms with Crippen LogP contribution in [0.3, 0.4) is 0 Å². The third-order valence-electron chi connectivity index (χ3n) is 8.86. The van der Waals surface area contributed by atoms with E-state index in [-0.39, 0.29) is 41.8 Å². The van der Waals surface area contributed by atoms with Crippen molar-refractivity contribution in [3.8, 4) is 23.0 Å². The number of methoxy groups -OCH3 is 4. The third-order valence-corrected chi connectivity index (χ3v) is 8.86. The van der Waals surface area contributed by atoms with E-state index in [0.29, 0.717) is 45.5 Å². The number of nitrogens with one attached hydrogen (secondary N) is 2. The van der Waals surface area contributed by atoms with Crippen molar-refractivity contribution in [1.29, 1.82) is 0 Å². The molecule has 0 saturated heterocycles. The van der Waals surface area contributed by atoms with Gasteiger partial charge in [0.15, 0.2) is 69.3 Å². The number of aliphatic hydroxyl groups excluding tert-OH is 1. The molecule has 0 saturated carbocycles. The molecule has 0 aliphatic heterocycles. The molecule has 15 nitrogen and oxygen atoms in total. The van der Waals surface area contributed by atoms with Gasteiger partial charge in [-0.05, 0) is 72.5 Å². The zero-order valence-electron chi connectivity index (χ0n) is 33.7. The van der Waals surface area contributed by atoms with Gasteiger partial charge >= 0.3 is 0 Å². The van der Waals surface area contributed by atoms with Crippen molar-refractivity contribution in [3.05, 3.63) is 138 Å². The summed E-state index contributed by atoms with van der Waals surface area (Å²) in [5.41, 5.74) is -0.0631. The van der Waals surface area contributed by atoms with E-state index in [1.165, 1.54) is 28.4 Å². The average molecular weight is 875 g/mol. The lowest BCUT2D eigenvalue weighted by Crippen LogP contribution is -2.25. The van der Waals surface area contributed by atoms with Crippen LogP contribution in [-0.2, 0) is 26.4 Å². The fraction of sp³-hybridized carbons (Fsp3) is 0.250. The number of rotatable bonds is 14. The summed E-state index contributed by atoms with van der Waals surface area (Å²) in [6, 6.07) is 9.75. The van der Waals surface area contributed by atoms with E-state index in [1.807, 2.05) is 0 Å². The topological polar surface area (TPSA) is 177 Å². The zero-order valence-corrected chi connectivity index (χ0v) is 33.7. The summed E-state index contributed by atoms with van der Waals surface area (Å²) in [7, 11) is 5.87. The van der Waals surface area contributed by atoms with Crippen molar-refractivity contribution < 1.29 is 54.8 Å². The number of hydrogen-bond donors (Lipinski definition) is 3. The second kappa shape index (κ2) is 19.9. The summed E-state index contributed by atoms with van der Waals surface area (Å²) in [6.45, 7) is 1.07. The second-order valence-electron chi connectivity index (χ2n) is 13.0. The molecule has 62 heavy (non-hydrogen) atoms. The fourth-order valence-corrected chi connectivity index (χ4v) is 5.71. The number of aryl methyl sites for hydroxylation is 2. The number of hydrogen-bond acceptors (Lipinski definition) is 13. The largest absolute Gasteiger partial charge is 0.493 e. The van der Waals surface area contributed by atoms with Crippen LogP contribution in [0.4, 0.5) is 54.0 Å². The van der Waals surface area contributed by atoms with Gasteiger partial charge < -0.3 is 34.7 Å². The van der Waals surface area contributed by atoms with Crippen molar-refractivity contribution in [2.24, 2.45) is 0 Å². The third kappa shape index (κ3) is 10.4. The Morgan fingerprint density at radius 2 is 0.903 bits per heavy atom. The molecule has 328 valence electrons. The number of halogens is 7. The van der Waals surface area contributed by atoms with E-state index in [0.717, 1.165) is 33.6 Å². The molecule has 0 radical (unpaired) electrons. The molecule has 2 heterocycles. The van der Waals surface area contributed by atoms with Crippen LogP contribution in [0.2, 0.25) is 0 Å². The van der Waals surface area contributed by atoms with Crippen LogP contribution in [-0.4, -0.2) is 63.1 Å². The highest BCUT2D eigenvalue weighted by Crippen LogP contribution is 2.35. The Bertz CT molecular complexity index is 2510. The quantitative estimate of drug-likeness (QED) is 0.0821. The van der Waals surface area contributed by atoms with Crippen LogP contribution < -0.4 is 40.7 Å². The van der Waals surface area contributed by atoms with Gasteiger partial charge in [0.2, 0.25) is 11.9 Å². The first-order valence-corrected chi connectivity index (χ1v) is 17.9. The summed E-state index contributed by atoms with van der Waals surface area (Å²) in [5.74, 6) is -7.14. The monoisotopic (exact) mass is 874 g/mol. The standard InChI is InChI=1S/C20H18F4N4O3.C20H19F3N4O4/c1-10-4-16(30-2)17(31-3)7-14(10)25-20-26-19(29)15(8-21)27-28(20)9-11-5-12(22)18(24)13(23)6-11;1-10-4-16(30-2)17(31-3)7-14(10)24-20-25-19(29)15(9-28)26-27(20)8-11-5-12(21)18(23)13(22)6-11/h4-7H,8-9H2,1-3H3,(H,25,26,29);4-7,28H,8-9H2,1-3H3,(H,24,25,29). The fourth-order valence-electron chi connectivity index (χ4n) is 5.71. The van der Waals surface area contributed by atoms with Crippen LogP contribution in [0.25, 0.3) is 0 Å². The van der Waals surface area contributed by atoms with Crippen molar-refractivity contribution >= 4 is 23.3 Å². The first-order valence-electron chi connectivity index (χ1n) is 17.9. The number of alkyl halides is 1. The van der Waals surface area contributed by atoms with E-state index >= 15 is 0 Å². The van der Waals surface area contributed by atoms with Gasteiger partial charge in [0, 0.05) is 23.5 Å². The first-order chi connectivity index (χ1) is 29.5. The summed E-state index contributed by atoms with van der Waals surface area (Å²) in [4.78, 5) is 31.8. The Morgan fingerprint density at radius 3 is 1.24 bits per heavy atom. The highest BCUT2D eigenvalue weighted by Gasteiger charge is 2.19. The molecule has 2 aromatic heterocycles. The molecular formula is C40H37F7N8O7. The molecule has 3 N–H and O–H groups in total. The molecule has 0 atom stereocenters. The SMILES string of the molecule is COc1cc(C)c(Nc2nc(=O)c(CF)nn2Cc2cc(F)c(F)c(F)c2)cc1OC.COc1cc(C)c(Nc2nc(=O)c(CO)nn2Cc2cc(F)c(F)c(F)c2)cc1OC. The predicted molar refractivity (Wildman–Crippen MR) is 209 cm³/mol. The lowest BCUT2D eigenvalue weighted by molar-refractivity contribution is 0.271. The number of nitrogens with zero attached hydrogens (tertiary/aromatic N) is 6. The van der Waals surface area contributed by atoms with Gasteiger partial charge in [-0.2, -0.15) is 20.2 Å². The lowest BCUT2D eigenvalue weighted by Gasteiger charge is -2.17. The molecule has 22 heteroatoms. The molecule has 0 fully saturated rings. The summed E-state index contributed by atoms with van der Waals surface area (Å²) in [6.07, 6.45) is 0. The Morgan fingerprint density at radius 1 is 0.565 bits per heavy atom. The maximum absolute atomic E-state index is 13.6. The summed E-state index contributed by atoms with van der Waals surface area (Å²) < 4.78 is 117. The van der Waals surface area contributed by atoms with E-state index in [1.54, 1.807) is 38.1 Å². The Hall–Kier alpha value is -7.23. The smallest absolute Gasteiger partial charge is 0.299 e. The molecule has 0 aliphatic rings. The van der Waals surface area contributed by atoms with Gasteiger partial charge in [-0.15, -0.1) is 0 Å². The lowest BCUT2D eigenvalue weighted by atomic mass is 10.1. The highest BCUT2D eigenvalue weighted by molar-refractivity contribution is 5.65. The number of ether oxygens (including phenoxy) is 4. The minimum absolute atomic E-state index is 0.00811. The van der Waals surface area contributed by atoms with Crippen molar-refractivity contribution in [1.82, 2.24) is 29.5 Å². The van der Waals surface area contributed by atoms with Gasteiger partial charge in [-0.3, -0.25) is 9.59 Å². The van der Waals surface area contributed by atoms with Crippen LogP contribution in [0.1, 0.15) is 33.6 Å². The average Bonchev–Trinajstić information content (AvgIpc) is 3.24. The van der Waals surface area contributed by atoms with Crippen molar-refractivity contribution in [2.45, 2.75) is 40.2 Å². The predicted octanol–water partition coefficient (Wildman–Crippen LogP) is 6.31. The number of aliphatic hydroxyl groups is 1. The summed E-state index contributed by atoms with van der Waals surface area (Å²) >= 11 is 0. The number of anilines is 4. The van der Waals surface area contributed by atoms with E-state index in [9.17, 15) is 45.4 Å². The molecule has 6 aromatic rings. The molecule has 0 aliphatic carbocycles. The Kier molecular flexibility index (Phi) is 14.7. The van der Waals surface area contributed by atoms with Gasteiger partial charge in [0.1, 0.15) is 6.67 Å². The second-order valence-corrected chi connectivity index (χ2v) is 13.0.